The van der Waals surface area contributed by atoms with Gasteiger partial charge in [0.25, 0.3) is 5.91 Å². The van der Waals surface area contributed by atoms with Crippen LogP contribution in [0.4, 0.5) is 10.1 Å². The molecule has 0 saturated heterocycles. The molecule has 20 heavy (non-hydrogen) atoms. The fourth-order valence-electron chi connectivity index (χ4n) is 1.62. The first-order valence-corrected chi connectivity index (χ1v) is 6.07. The van der Waals surface area contributed by atoms with E-state index in [1.165, 1.54) is 36.4 Å². The number of benzene rings is 2. The van der Waals surface area contributed by atoms with Gasteiger partial charge in [-0.25, -0.2) is 4.39 Å². The summed E-state index contributed by atoms with van der Waals surface area (Å²) in [6.45, 7) is 0. The Balaban J connectivity index is 2.19. The van der Waals surface area contributed by atoms with Crippen molar-refractivity contribution in [2.45, 2.75) is 0 Å². The van der Waals surface area contributed by atoms with Crippen LogP contribution in [0.2, 0.25) is 5.02 Å². The van der Waals surface area contributed by atoms with Gasteiger partial charge in [-0.3, -0.25) is 4.79 Å². The minimum atomic E-state index is -1.65. The summed E-state index contributed by atoms with van der Waals surface area (Å²) < 4.78 is 13.0. The van der Waals surface area contributed by atoms with E-state index in [-0.39, 0.29) is 16.0 Å². The van der Waals surface area contributed by atoms with Crippen molar-refractivity contribution in [3.8, 4) is 0 Å². The summed E-state index contributed by atoms with van der Waals surface area (Å²) in [5.74, 6) is -1.04. The molecule has 0 fully saturated rings. The Morgan fingerprint density at radius 2 is 1.95 bits per heavy atom. The van der Waals surface area contributed by atoms with Crippen LogP contribution in [0.3, 0.4) is 0 Å². The van der Waals surface area contributed by atoms with Crippen LogP contribution in [0, 0.1) is 5.82 Å². The second-order valence-electron chi connectivity index (χ2n) is 4.08. The van der Waals surface area contributed by atoms with Gasteiger partial charge in [-0.05, 0) is 35.8 Å². The first-order chi connectivity index (χ1) is 9.47. The fraction of sp³-hybridized carbons (Fsp3) is 0. The smallest absolute Gasteiger partial charge is 0.423 e. The molecule has 0 spiro atoms. The molecular weight excluding hydrogens is 283 g/mol. The summed E-state index contributed by atoms with van der Waals surface area (Å²) >= 11 is 5.62. The standard InChI is InChI=1S/C13H10BClFNO3/c15-11-7-10(4-5-12(11)16)17-13(18)8-2-1-3-9(6-8)14(19)20/h1-7,19-20H,(H,17,18). The van der Waals surface area contributed by atoms with Crippen LogP contribution in [-0.2, 0) is 0 Å². The SMILES string of the molecule is O=C(Nc1ccc(F)c(Cl)c1)c1cccc(B(O)O)c1. The fourth-order valence-corrected chi connectivity index (χ4v) is 1.80. The lowest BCUT2D eigenvalue weighted by molar-refractivity contribution is 0.102. The van der Waals surface area contributed by atoms with E-state index in [2.05, 4.69) is 5.32 Å². The highest BCUT2D eigenvalue weighted by molar-refractivity contribution is 6.58. The molecule has 7 heteroatoms. The molecule has 0 unspecified atom stereocenters. The maximum atomic E-state index is 13.0. The quantitative estimate of drug-likeness (QED) is 0.750. The van der Waals surface area contributed by atoms with Crippen molar-refractivity contribution in [1.82, 2.24) is 0 Å². The third-order valence-corrected chi connectivity index (χ3v) is 2.91. The predicted octanol–water partition coefficient (Wildman–Crippen LogP) is 1.41. The van der Waals surface area contributed by atoms with E-state index in [0.29, 0.717) is 5.69 Å². The molecule has 0 aromatic heterocycles. The summed E-state index contributed by atoms with van der Waals surface area (Å²) in [5.41, 5.74) is 0.794. The van der Waals surface area contributed by atoms with Crippen molar-refractivity contribution in [3.63, 3.8) is 0 Å². The predicted molar refractivity (Wildman–Crippen MR) is 75.6 cm³/mol. The number of anilines is 1. The number of carbonyl (C=O) groups is 1. The summed E-state index contributed by atoms with van der Waals surface area (Å²) in [7, 11) is -1.65. The Hall–Kier alpha value is -1.89. The molecule has 1 amide bonds. The van der Waals surface area contributed by atoms with Crippen molar-refractivity contribution in [2.24, 2.45) is 0 Å². The van der Waals surface area contributed by atoms with Gasteiger partial charge in [-0.1, -0.05) is 23.7 Å². The average Bonchev–Trinajstić information content (AvgIpc) is 2.43. The first kappa shape index (κ1) is 14.5. The molecule has 3 N–H and O–H groups in total. The van der Waals surface area contributed by atoms with Crippen molar-refractivity contribution in [1.29, 1.82) is 0 Å². The number of nitrogens with one attached hydrogen (secondary N) is 1. The topological polar surface area (TPSA) is 69.6 Å². The van der Waals surface area contributed by atoms with Crippen LogP contribution in [-0.4, -0.2) is 23.1 Å². The molecule has 0 heterocycles. The molecule has 4 nitrogen and oxygen atoms in total. The minimum Gasteiger partial charge on any atom is -0.423 e. The van der Waals surface area contributed by atoms with Gasteiger partial charge in [0.05, 0.1) is 5.02 Å². The molecule has 102 valence electrons. The molecule has 0 aliphatic heterocycles. The average molecular weight is 293 g/mol. The zero-order valence-electron chi connectivity index (χ0n) is 10.2. The third kappa shape index (κ3) is 3.36. The van der Waals surface area contributed by atoms with Crippen molar-refractivity contribution >= 4 is 35.8 Å². The lowest BCUT2D eigenvalue weighted by atomic mass is 9.79. The second kappa shape index (κ2) is 6.05. The zero-order chi connectivity index (χ0) is 14.7. The highest BCUT2D eigenvalue weighted by Gasteiger charge is 2.14. The van der Waals surface area contributed by atoms with Crippen LogP contribution in [0.15, 0.2) is 42.5 Å². The Morgan fingerprint density at radius 3 is 2.60 bits per heavy atom. The van der Waals surface area contributed by atoms with Gasteiger partial charge in [0, 0.05) is 11.3 Å². The Bertz CT molecular complexity index is 651. The lowest BCUT2D eigenvalue weighted by Crippen LogP contribution is -2.30. The maximum Gasteiger partial charge on any atom is 0.488 e. The van der Waals surface area contributed by atoms with Crippen molar-refractivity contribution in [3.05, 3.63) is 58.9 Å². The summed E-state index contributed by atoms with van der Waals surface area (Å²) in [5, 5.41) is 20.5. The van der Waals surface area contributed by atoms with Gasteiger partial charge in [-0.15, -0.1) is 0 Å². The molecule has 2 rings (SSSR count). The van der Waals surface area contributed by atoms with Gasteiger partial charge in [0.1, 0.15) is 5.82 Å². The Morgan fingerprint density at radius 1 is 1.20 bits per heavy atom. The molecule has 0 aliphatic rings. The van der Waals surface area contributed by atoms with Crippen LogP contribution < -0.4 is 10.8 Å². The van der Waals surface area contributed by atoms with Crippen LogP contribution in [0.1, 0.15) is 10.4 Å². The van der Waals surface area contributed by atoms with Gasteiger partial charge < -0.3 is 15.4 Å². The summed E-state index contributed by atoms with van der Waals surface area (Å²) in [4.78, 5) is 12.0. The molecular formula is C13H10BClFNO3. The van der Waals surface area contributed by atoms with Gasteiger partial charge in [0.15, 0.2) is 0 Å². The molecule has 0 bridgehead atoms. The zero-order valence-corrected chi connectivity index (χ0v) is 10.9. The van der Waals surface area contributed by atoms with E-state index < -0.39 is 18.8 Å². The lowest BCUT2D eigenvalue weighted by Gasteiger charge is -2.07. The summed E-state index contributed by atoms with van der Waals surface area (Å²) in [6, 6.07) is 9.70. The van der Waals surface area contributed by atoms with Crippen molar-refractivity contribution in [2.75, 3.05) is 5.32 Å². The number of hydrogen-bond acceptors (Lipinski definition) is 3. The van der Waals surface area contributed by atoms with Crippen LogP contribution in [0.5, 0.6) is 0 Å². The van der Waals surface area contributed by atoms with E-state index in [4.69, 9.17) is 21.6 Å². The number of hydrogen-bond donors (Lipinski definition) is 3. The van der Waals surface area contributed by atoms with E-state index in [0.717, 1.165) is 6.07 Å². The van der Waals surface area contributed by atoms with E-state index in [1.54, 1.807) is 0 Å². The minimum absolute atomic E-state index is 0.0951. The Labute approximate surface area is 120 Å². The molecule has 0 aliphatic carbocycles. The van der Waals surface area contributed by atoms with Crippen LogP contribution in [0.25, 0.3) is 0 Å². The van der Waals surface area contributed by atoms with Crippen LogP contribution >= 0.6 is 11.6 Å². The number of rotatable bonds is 3. The molecule has 0 radical (unpaired) electrons. The van der Waals surface area contributed by atoms with E-state index in [9.17, 15) is 9.18 Å². The number of halogens is 2. The summed E-state index contributed by atoms with van der Waals surface area (Å²) in [6.07, 6.45) is 0. The van der Waals surface area contributed by atoms with Gasteiger partial charge in [0.2, 0.25) is 0 Å². The molecule has 0 saturated carbocycles. The normalized spacial score (nSPS) is 10.2. The largest absolute Gasteiger partial charge is 0.488 e. The second-order valence-corrected chi connectivity index (χ2v) is 4.49. The molecule has 2 aromatic rings. The first-order valence-electron chi connectivity index (χ1n) is 5.70. The maximum absolute atomic E-state index is 13.0. The highest BCUT2D eigenvalue weighted by Crippen LogP contribution is 2.19. The molecule has 0 atom stereocenters. The number of carbonyl (C=O) groups excluding carboxylic acids is 1. The third-order valence-electron chi connectivity index (χ3n) is 2.62. The van der Waals surface area contributed by atoms with E-state index >= 15 is 0 Å². The van der Waals surface area contributed by atoms with Gasteiger partial charge in [-0.2, -0.15) is 0 Å². The number of amides is 1. The Kier molecular flexibility index (Phi) is 4.39. The monoisotopic (exact) mass is 293 g/mol. The van der Waals surface area contributed by atoms with Gasteiger partial charge >= 0.3 is 7.12 Å². The molecule has 2 aromatic carbocycles. The van der Waals surface area contributed by atoms with E-state index in [1.807, 2.05) is 0 Å². The van der Waals surface area contributed by atoms with Crippen molar-refractivity contribution < 1.29 is 19.2 Å². The highest BCUT2D eigenvalue weighted by atomic mass is 35.5.